The van der Waals surface area contributed by atoms with Crippen LogP contribution in [0.4, 0.5) is 10.5 Å². The largest absolute Gasteiger partial charge is 0.441 e. The van der Waals surface area contributed by atoms with Crippen LogP contribution in [0.5, 0.6) is 0 Å². The number of hydrogen-bond acceptors (Lipinski definition) is 5. The summed E-state index contributed by atoms with van der Waals surface area (Å²) < 4.78 is 5.59. The quantitative estimate of drug-likeness (QED) is 0.203. The molecular formula is C34H39N3O5. The number of aryl methyl sites for hydroxylation is 1. The number of amides is 2. The molecule has 0 saturated heterocycles. The van der Waals surface area contributed by atoms with Gasteiger partial charge >= 0.3 is 6.09 Å². The highest BCUT2D eigenvalue weighted by atomic mass is 16.6. The van der Waals surface area contributed by atoms with Gasteiger partial charge in [0.1, 0.15) is 6.10 Å². The Morgan fingerprint density at radius 3 is 2.31 bits per heavy atom. The van der Waals surface area contributed by atoms with E-state index in [1.165, 1.54) is 23.3 Å². The second-order valence-corrected chi connectivity index (χ2v) is 11.9. The predicted octanol–water partition coefficient (Wildman–Crippen LogP) is 7.58. The Bertz CT molecular complexity index is 1480. The number of carbonyl (C=O) groups excluding carboxylic acids is 2. The summed E-state index contributed by atoms with van der Waals surface area (Å²) in [6.45, 7) is 6.13. The fourth-order valence-corrected chi connectivity index (χ4v) is 6.42. The highest BCUT2D eigenvalue weighted by Crippen LogP contribution is 2.47. The van der Waals surface area contributed by atoms with Gasteiger partial charge in [-0.2, -0.15) is 0 Å². The van der Waals surface area contributed by atoms with Crippen LogP contribution in [0.1, 0.15) is 91.3 Å². The molecule has 220 valence electrons. The lowest BCUT2D eigenvalue weighted by atomic mass is 9.72. The average Bonchev–Trinajstić information content (AvgIpc) is 3.82. The van der Waals surface area contributed by atoms with Gasteiger partial charge in [0.05, 0.1) is 11.0 Å². The lowest BCUT2D eigenvalue weighted by molar-refractivity contribution is -0.384. The van der Waals surface area contributed by atoms with E-state index in [0.29, 0.717) is 0 Å². The first-order chi connectivity index (χ1) is 20.1. The SMILES string of the molecule is Cc1cccc(-c2cc(C(OC(N)=O)C3CC3)ccc2[C@@H]2CCCC[C@@H]2C(=O)N[C@@H](C)c2ccc([N+](=O)[O-])cc2)c1C. The molecule has 3 aromatic rings. The molecule has 2 aliphatic carbocycles. The van der Waals surface area contributed by atoms with Crippen molar-refractivity contribution in [1.82, 2.24) is 5.32 Å². The molecule has 1 unspecified atom stereocenters. The van der Waals surface area contributed by atoms with Gasteiger partial charge in [0.2, 0.25) is 5.91 Å². The zero-order valence-corrected chi connectivity index (χ0v) is 24.5. The van der Waals surface area contributed by atoms with Gasteiger partial charge in [-0.3, -0.25) is 14.9 Å². The number of nitro groups is 1. The molecule has 3 aromatic carbocycles. The summed E-state index contributed by atoms with van der Waals surface area (Å²) in [7, 11) is 0. The topological polar surface area (TPSA) is 125 Å². The predicted molar refractivity (Wildman–Crippen MR) is 162 cm³/mol. The number of nitrogens with one attached hydrogen (secondary N) is 1. The van der Waals surface area contributed by atoms with Crippen LogP contribution in [0.25, 0.3) is 11.1 Å². The van der Waals surface area contributed by atoms with E-state index >= 15 is 0 Å². The molecule has 0 spiro atoms. The lowest BCUT2D eigenvalue weighted by Crippen LogP contribution is -2.37. The van der Waals surface area contributed by atoms with Crippen LogP contribution in [0.3, 0.4) is 0 Å². The Labute approximate surface area is 246 Å². The number of nitro benzene ring substituents is 1. The van der Waals surface area contributed by atoms with Gasteiger partial charge in [0.25, 0.3) is 5.69 Å². The van der Waals surface area contributed by atoms with Crippen molar-refractivity contribution in [2.24, 2.45) is 17.6 Å². The van der Waals surface area contributed by atoms with Crippen molar-refractivity contribution in [3.8, 4) is 11.1 Å². The van der Waals surface area contributed by atoms with Crippen molar-refractivity contribution >= 4 is 17.7 Å². The summed E-state index contributed by atoms with van der Waals surface area (Å²) in [5, 5.41) is 14.2. The van der Waals surface area contributed by atoms with Crippen molar-refractivity contribution < 1.29 is 19.2 Å². The molecule has 0 heterocycles. The van der Waals surface area contributed by atoms with Gasteiger partial charge in [-0.25, -0.2) is 4.79 Å². The number of non-ortho nitro benzene ring substituents is 1. The molecule has 3 N–H and O–H groups in total. The number of nitrogens with two attached hydrogens (primary N) is 1. The van der Waals surface area contributed by atoms with Gasteiger partial charge in [-0.05, 0) is 97.4 Å². The van der Waals surface area contributed by atoms with Crippen LogP contribution < -0.4 is 11.1 Å². The molecule has 2 amide bonds. The number of nitrogens with zero attached hydrogens (tertiary/aromatic N) is 1. The minimum atomic E-state index is -0.768. The van der Waals surface area contributed by atoms with Crippen LogP contribution in [-0.2, 0) is 9.53 Å². The van der Waals surface area contributed by atoms with Gasteiger partial charge in [0.15, 0.2) is 0 Å². The van der Waals surface area contributed by atoms with Crippen molar-refractivity contribution in [1.29, 1.82) is 0 Å². The number of ether oxygens (including phenoxy) is 1. The maximum absolute atomic E-state index is 13.8. The summed E-state index contributed by atoms with van der Waals surface area (Å²) in [6.07, 6.45) is 4.54. The summed E-state index contributed by atoms with van der Waals surface area (Å²) in [4.78, 5) is 36.2. The molecule has 2 aliphatic rings. The van der Waals surface area contributed by atoms with Crippen LogP contribution in [-0.4, -0.2) is 16.9 Å². The summed E-state index contributed by atoms with van der Waals surface area (Å²) in [6, 6.07) is 18.6. The first-order valence-electron chi connectivity index (χ1n) is 14.8. The number of benzene rings is 3. The molecule has 4 atom stereocenters. The molecular weight excluding hydrogens is 530 g/mol. The van der Waals surface area contributed by atoms with Gasteiger partial charge < -0.3 is 15.8 Å². The zero-order valence-electron chi connectivity index (χ0n) is 24.5. The highest BCUT2D eigenvalue weighted by molar-refractivity contribution is 5.82. The van der Waals surface area contributed by atoms with Crippen molar-refractivity contribution in [3.63, 3.8) is 0 Å². The highest BCUT2D eigenvalue weighted by Gasteiger charge is 2.37. The molecule has 2 fully saturated rings. The number of primary amides is 1. The lowest BCUT2D eigenvalue weighted by Gasteiger charge is -2.34. The Morgan fingerprint density at radius 2 is 1.64 bits per heavy atom. The summed E-state index contributed by atoms with van der Waals surface area (Å²) in [5.74, 6) is 0.0663. The van der Waals surface area contributed by atoms with E-state index in [1.54, 1.807) is 12.1 Å². The minimum Gasteiger partial charge on any atom is -0.441 e. The molecule has 8 heteroatoms. The molecule has 2 saturated carbocycles. The van der Waals surface area contributed by atoms with Crippen LogP contribution >= 0.6 is 0 Å². The van der Waals surface area contributed by atoms with E-state index in [-0.39, 0.29) is 41.5 Å². The monoisotopic (exact) mass is 569 g/mol. The van der Waals surface area contributed by atoms with E-state index in [4.69, 9.17) is 10.5 Å². The fourth-order valence-electron chi connectivity index (χ4n) is 6.42. The maximum atomic E-state index is 13.8. The summed E-state index contributed by atoms with van der Waals surface area (Å²) in [5.41, 5.74) is 12.9. The van der Waals surface area contributed by atoms with Crippen LogP contribution in [0.2, 0.25) is 0 Å². The zero-order chi connectivity index (χ0) is 30.0. The van der Waals surface area contributed by atoms with Crippen molar-refractivity contribution in [3.05, 3.63) is 98.6 Å². The third kappa shape index (κ3) is 6.32. The maximum Gasteiger partial charge on any atom is 0.405 e. The molecule has 42 heavy (non-hydrogen) atoms. The molecule has 5 rings (SSSR count). The average molecular weight is 570 g/mol. The molecule has 0 aliphatic heterocycles. The van der Waals surface area contributed by atoms with Crippen LogP contribution in [0, 0.1) is 35.8 Å². The van der Waals surface area contributed by atoms with E-state index in [2.05, 4.69) is 49.5 Å². The van der Waals surface area contributed by atoms with E-state index < -0.39 is 11.0 Å². The normalized spacial score (nSPS) is 19.9. The molecule has 8 nitrogen and oxygen atoms in total. The molecule has 0 aromatic heterocycles. The Hall–Kier alpha value is -4.20. The van der Waals surface area contributed by atoms with Crippen molar-refractivity contribution in [2.75, 3.05) is 0 Å². The number of hydrogen-bond donors (Lipinski definition) is 2. The second-order valence-electron chi connectivity index (χ2n) is 11.9. The Kier molecular flexibility index (Phi) is 8.61. The second kappa shape index (κ2) is 12.3. The first kappa shape index (κ1) is 29.3. The van der Waals surface area contributed by atoms with E-state index in [9.17, 15) is 19.7 Å². The standard InChI is InChI=1S/C34H39N3O5/c1-20-7-6-10-27(21(20)2)31-19-25(32(24-11-12-24)42-34(35)39)15-18-29(31)28-8-4-5-9-30(28)33(38)36-22(3)23-13-16-26(17-14-23)37(40)41/h6-7,10,13-19,22,24,28,30,32H,4-5,8-9,11-12H2,1-3H3,(H2,35,39)(H,36,38)/t22-,28-,30-,32?/m0/s1. The summed E-state index contributed by atoms with van der Waals surface area (Å²) >= 11 is 0. The van der Waals surface area contributed by atoms with Crippen LogP contribution in [0.15, 0.2) is 60.7 Å². The first-order valence-corrected chi connectivity index (χ1v) is 14.8. The fraction of sp³-hybridized carbons (Fsp3) is 0.412. The molecule has 0 radical (unpaired) electrons. The third-order valence-corrected chi connectivity index (χ3v) is 9.06. The van der Waals surface area contributed by atoms with E-state index in [1.807, 2.05) is 13.0 Å². The van der Waals surface area contributed by atoms with Gasteiger partial charge in [-0.15, -0.1) is 0 Å². The van der Waals surface area contributed by atoms with E-state index in [0.717, 1.165) is 66.3 Å². The smallest absolute Gasteiger partial charge is 0.405 e. The van der Waals surface area contributed by atoms with Crippen molar-refractivity contribution in [2.45, 2.75) is 77.4 Å². The molecule has 0 bridgehead atoms. The van der Waals surface area contributed by atoms with Gasteiger partial charge in [-0.1, -0.05) is 55.3 Å². The number of carbonyl (C=O) groups is 2. The van der Waals surface area contributed by atoms with Gasteiger partial charge in [0, 0.05) is 24.0 Å². The minimum absolute atomic E-state index is 0.00513. The number of rotatable bonds is 9. The Balaban J connectivity index is 1.49. The third-order valence-electron chi connectivity index (χ3n) is 9.06. The Morgan fingerprint density at radius 1 is 0.952 bits per heavy atom.